The van der Waals surface area contributed by atoms with Crippen LogP contribution < -0.4 is 20.8 Å². The van der Waals surface area contributed by atoms with Crippen LogP contribution in [-0.4, -0.2) is 49.6 Å². The maximum atomic E-state index is 11.8. The van der Waals surface area contributed by atoms with Crippen molar-refractivity contribution < 1.29 is 28.8 Å². The zero-order valence-corrected chi connectivity index (χ0v) is 16.1. The number of hydrogen-bond donors (Lipinski definition) is 3. The number of ether oxygens (including phenoxy) is 2. The zero-order chi connectivity index (χ0) is 20.0. The van der Waals surface area contributed by atoms with Gasteiger partial charge in [0.1, 0.15) is 17.5 Å². The minimum absolute atomic E-state index is 0.0772. The molecule has 1 radical (unpaired) electrons. The van der Waals surface area contributed by atoms with Crippen molar-refractivity contribution in [1.29, 1.82) is 0 Å². The molecule has 147 valence electrons. The van der Waals surface area contributed by atoms with E-state index in [1.807, 2.05) is 0 Å². The van der Waals surface area contributed by atoms with Gasteiger partial charge >= 0.3 is 13.6 Å². The number of hydrogen-bond acceptors (Lipinski definition) is 6. The molecular formula is C18H26BN2O6. The SMILES string of the molecule is CC(=O)NCCCOc1cccc2c1[B]OC2C(O)NC(=O)OC(C)(C)C. The monoisotopic (exact) mass is 377 g/mol. The van der Waals surface area contributed by atoms with E-state index in [4.69, 9.17) is 14.1 Å². The first-order chi connectivity index (χ1) is 12.7. The van der Waals surface area contributed by atoms with E-state index in [9.17, 15) is 14.7 Å². The number of aliphatic hydroxyl groups excluding tert-OH is 1. The molecule has 1 heterocycles. The van der Waals surface area contributed by atoms with Gasteiger partial charge in [0, 0.05) is 13.5 Å². The van der Waals surface area contributed by atoms with Crippen molar-refractivity contribution in [2.75, 3.05) is 13.2 Å². The Morgan fingerprint density at radius 2 is 2.11 bits per heavy atom. The molecule has 8 nitrogen and oxygen atoms in total. The second-order valence-electron chi connectivity index (χ2n) is 7.21. The standard InChI is InChI=1S/C18H26BN2O6/c1-11(22)20-9-6-10-25-13-8-5-7-12-14(13)19-27-15(12)16(23)21-17(24)26-18(2,3)4/h5,7-8,15-16,23H,6,9-10H2,1-4H3,(H,20,22)(H,21,24). The second-order valence-corrected chi connectivity index (χ2v) is 7.21. The van der Waals surface area contributed by atoms with Crippen LogP contribution in [0.1, 0.15) is 45.8 Å². The van der Waals surface area contributed by atoms with Crippen LogP contribution in [0.25, 0.3) is 0 Å². The molecule has 1 aromatic rings. The summed E-state index contributed by atoms with van der Waals surface area (Å²) in [6.07, 6.45) is -2.09. The molecule has 0 aliphatic carbocycles. The van der Waals surface area contributed by atoms with Crippen molar-refractivity contribution in [3.63, 3.8) is 0 Å². The van der Waals surface area contributed by atoms with E-state index in [1.54, 1.807) is 39.0 Å². The van der Waals surface area contributed by atoms with E-state index >= 15 is 0 Å². The van der Waals surface area contributed by atoms with Crippen molar-refractivity contribution in [1.82, 2.24) is 10.6 Å². The molecule has 2 rings (SSSR count). The Labute approximate surface area is 159 Å². The van der Waals surface area contributed by atoms with Crippen LogP contribution in [0, 0.1) is 0 Å². The lowest BCUT2D eigenvalue weighted by Crippen LogP contribution is -2.42. The van der Waals surface area contributed by atoms with Crippen molar-refractivity contribution in [2.24, 2.45) is 0 Å². The molecule has 0 saturated carbocycles. The lowest BCUT2D eigenvalue weighted by Gasteiger charge is -2.24. The largest absolute Gasteiger partial charge is 0.494 e. The number of carbonyl (C=O) groups is 2. The van der Waals surface area contributed by atoms with Crippen LogP contribution in [0.2, 0.25) is 0 Å². The van der Waals surface area contributed by atoms with Crippen LogP contribution in [0.3, 0.4) is 0 Å². The van der Waals surface area contributed by atoms with Gasteiger partial charge < -0.3 is 24.6 Å². The average molecular weight is 377 g/mol. The topological polar surface area (TPSA) is 106 Å². The highest BCUT2D eigenvalue weighted by Crippen LogP contribution is 2.27. The molecule has 0 fully saturated rings. The van der Waals surface area contributed by atoms with E-state index in [0.29, 0.717) is 36.3 Å². The molecule has 1 aliphatic heterocycles. The van der Waals surface area contributed by atoms with E-state index < -0.39 is 24.0 Å². The summed E-state index contributed by atoms with van der Waals surface area (Å²) >= 11 is 0. The van der Waals surface area contributed by atoms with Gasteiger partial charge in [0.15, 0.2) is 6.23 Å². The molecule has 27 heavy (non-hydrogen) atoms. The normalized spacial score (nSPS) is 16.7. The van der Waals surface area contributed by atoms with Gasteiger partial charge in [-0.05, 0) is 44.3 Å². The van der Waals surface area contributed by atoms with Crippen LogP contribution in [0.5, 0.6) is 5.75 Å². The molecule has 0 saturated heterocycles. The van der Waals surface area contributed by atoms with E-state index in [-0.39, 0.29) is 5.91 Å². The van der Waals surface area contributed by atoms with Gasteiger partial charge in [-0.15, -0.1) is 0 Å². The minimum Gasteiger partial charge on any atom is -0.494 e. The van der Waals surface area contributed by atoms with Crippen LogP contribution in [-0.2, 0) is 14.2 Å². The Kier molecular flexibility index (Phi) is 7.09. The summed E-state index contributed by atoms with van der Waals surface area (Å²) in [5, 5.41) is 15.4. The van der Waals surface area contributed by atoms with Gasteiger partial charge in [-0.25, -0.2) is 4.79 Å². The third-order valence-electron chi connectivity index (χ3n) is 3.64. The number of aliphatic hydroxyl groups is 1. The van der Waals surface area contributed by atoms with Crippen LogP contribution >= 0.6 is 0 Å². The number of amides is 2. The highest BCUT2D eigenvalue weighted by Gasteiger charge is 2.34. The van der Waals surface area contributed by atoms with Crippen molar-refractivity contribution >= 4 is 24.9 Å². The Bertz CT molecular complexity index is 676. The molecular weight excluding hydrogens is 351 g/mol. The summed E-state index contributed by atoms with van der Waals surface area (Å²) in [7, 11) is 1.50. The fourth-order valence-electron chi connectivity index (χ4n) is 2.54. The maximum Gasteiger partial charge on any atom is 0.409 e. The van der Waals surface area contributed by atoms with E-state index in [0.717, 1.165) is 0 Å². The summed E-state index contributed by atoms with van der Waals surface area (Å²) in [5.74, 6) is 0.536. The number of nitrogens with one attached hydrogen (secondary N) is 2. The van der Waals surface area contributed by atoms with E-state index in [2.05, 4.69) is 10.6 Å². The van der Waals surface area contributed by atoms with Crippen molar-refractivity contribution in [3.8, 4) is 5.75 Å². The fraction of sp³-hybridized carbons (Fsp3) is 0.556. The molecule has 3 N–H and O–H groups in total. The molecule has 2 atom stereocenters. The Hall–Kier alpha value is -2.26. The van der Waals surface area contributed by atoms with Gasteiger partial charge in [0.2, 0.25) is 5.91 Å². The summed E-state index contributed by atoms with van der Waals surface area (Å²) in [5.41, 5.74) is 0.757. The van der Waals surface area contributed by atoms with Gasteiger partial charge in [-0.2, -0.15) is 0 Å². The number of benzene rings is 1. The summed E-state index contributed by atoms with van der Waals surface area (Å²) in [6.45, 7) is 7.64. The highest BCUT2D eigenvalue weighted by molar-refractivity contribution is 6.50. The summed E-state index contributed by atoms with van der Waals surface area (Å²) < 4.78 is 16.4. The third kappa shape index (κ3) is 6.44. The number of fused-ring (bicyclic) bond motifs is 1. The van der Waals surface area contributed by atoms with Gasteiger partial charge in [-0.1, -0.05) is 12.1 Å². The third-order valence-corrected chi connectivity index (χ3v) is 3.64. The smallest absolute Gasteiger partial charge is 0.409 e. The van der Waals surface area contributed by atoms with Gasteiger partial charge in [-0.3, -0.25) is 10.1 Å². The second kappa shape index (κ2) is 9.10. The molecule has 2 unspecified atom stereocenters. The van der Waals surface area contributed by atoms with Crippen LogP contribution in [0.4, 0.5) is 4.79 Å². The minimum atomic E-state index is -1.27. The summed E-state index contributed by atoms with van der Waals surface area (Å²) in [6, 6.07) is 5.39. The lowest BCUT2D eigenvalue weighted by molar-refractivity contribution is -0.118. The van der Waals surface area contributed by atoms with E-state index in [1.165, 1.54) is 14.4 Å². The first kappa shape index (κ1) is 21.0. The predicted molar refractivity (Wildman–Crippen MR) is 99.8 cm³/mol. The molecule has 1 aliphatic rings. The molecule has 0 aromatic heterocycles. The fourth-order valence-corrected chi connectivity index (χ4v) is 2.54. The Balaban J connectivity index is 1.94. The Morgan fingerprint density at radius 1 is 1.37 bits per heavy atom. The average Bonchev–Trinajstić information content (AvgIpc) is 2.97. The predicted octanol–water partition coefficient (Wildman–Crippen LogP) is 0.750. The number of carbonyl (C=O) groups excluding carboxylic acids is 2. The molecule has 9 heteroatoms. The van der Waals surface area contributed by atoms with Gasteiger partial charge in [0.25, 0.3) is 0 Å². The first-order valence-corrected chi connectivity index (χ1v) is 8.84. The van der Waals surface area contributed by atoms with Crippen molar-refractivity contribution in [3.05, 3.63) is 23.8 Å². The van der Waals surface area contributed by atoms with Crippen molar-refractivity contribution in [2.45, 2.75) is 52.0 Å². The van der Waals surface area contributed by atoms with Gasteiger partial charge in [0.05, 0.1) is 6.61 Å². The highest BCUT2D eigenvalue weighted by atomic mass is 16.6. The summed E-state index contributed by atoms with van der Waals surface area (Å²) in [4.78, 5) is 22.7. The molecule has 2 amide bonds. The number of alkyl carbamates (subject to hydrolysis) is 1. The number of rotatable bonds is 7. The molecule has 0 spiro atoms. The molecule has 0 bridgehead atoms. The van der Waals surface area contributed by atoms with Crippen LogP contribution in [0.15, 0.2) is 18.2 Å². The lowest BCUT2D eigenvalue weighted by atomic mass is 9.85. The quantitative estimate of drug-likeness (QED) is 0.368. The maximum absolute atomic E-state index is 11.8. The first-order valence-electron chi connectivity index (χ1n) is 8.84. The molecule has 1 aromatic carbocycles. The zero-order valence-electron chi connectivity index (χ0n) is 16.1. The Morgan fingerprint density at radius 3 is 2.78 bits per heavy atom.